The number of para-hydroxylation sites is 1. The Balaban J connectivity index is 2.05. The van der Waals surface area contributed by atoms with Gasteiger partial charge in [0.05, 0.1) is 11.3 Å². The van der Waals surface area contributed by atoms with Gasteiger partial charge in [-0.05, 0) is 36.4 Å². The zero-order chi connectivity index (χ0) is 15.2. The SMILES string of the molecule is N#Cc1ccccc1NC(=O)C(=O)Nc1ccc(F)cc1. The van der Waals surface area contributed by atoms with E-state index in [-0.39, 0.29) is 11.3 Å². The Morgan fingerprint density at radius 2 is 1.57 bits per heavy atom. The second-order valence-corrected chi connectivity index (χ2v) is 4.07. The molecule has 0 saturated carbocycles. The van der Waals surface area contributed by atoms with Crippen molar-refractivity contribution >= 4 is 23.2 Å². The van der Waals surface area contributed by atoms with Crippen molar-refractivity contribution in [2.24, 2.45) is 0 Å². The quantitative estimate of drug-likeness (QED) is 0.829. The third-order valence-electron chi connectivity index (χ3n) is 2.60. The van der Waals surface area contributed by atoms with Gasteiger partial charge in [0, 0.05) is 5.69 Å². The molecule has 0 unspecified atom stereocenters. The van der Waals surface area contributed by atoms with Crippen LogP contribution in [0.4, 0.5) is 15.8 Å². The zero-order valence-corrected chi connectivity index (χ0v) is 10.8. The lowest BCUT2D eigenvalue weighted by molar-refractivity contribution is -0.133. The maximum absolute atomic E-state index is 12.7. The molecule has 2 rings (SSSR count). The topological polar surface area (TPSA) is 82.0 Å². The van der Waals surface area contributed by atoms with Crippen LogP contribution in [0.5, 0.6) is 0 Å². The fraction of sp³-hybridized carbons (Fsp3) is 0. The predicted octanol–water partition coefficient (Wildman–Crippen LogP) is 2.27. The smallest absolute Gasteiger partial charge is 0.314 e. The molecule has 0 aliphatic carbocycles. The first-order valence-corrected chi connectivity index (χ1v) is 5.97. The Hall–Kier alpha value is -3.20. The lowest BCUT2D eigenvalue weighted by Crippen LogP contribution is -2.29. The molecule has 2 N–H and O–H groups in total. The highest BCUT2D eigenvalue weighted by molar-refractivity contribution is 6.43. The van der Waals surface area contributed by atoms with Crippen molar-refractivity contribution in [3.05, 3.63) is 59.9 Å². The molecule has 0 aliphatic rings. The molecule has 6 heteroatoms. The highest BCUT2D eigenvalue weighted by Crippen LogP contribution is 2.14. The second kappa shape index (κ2) is 6.30. The van der Waals surface area contributed by atoms with Gasteiger partial charge in [-0.25, -0.2) is 4.39 Å². The molecular weight excluding hydrogens is 273 g/mol. The van der Waals surface area contributed by atoms with Gasteiger partial charge in [-0.3, -0.25) is 9.59 Å². The first-order valence-electron chi connectivity index (χ1n) is 5.97. The average molecular weight is 283 g/mol. The number of anilines is 2. The summed E-state index contributed by atoms with van der Waals surface area (Å²) < 4.78 is 12.7. The minimum absolute atomic E-state index is 0.249. The Labute approximate surface area is 120 Å². The molecule has 0 spiro atoms. The summed E-state index contributed by atoms with van der Waals surface area (Å²) in [5.74, 6) is -2.27. The van der Waals surface area contributed by atoms with Crippen molar-refractivity contribution in [1.29, 1.82) is 5.26 Å². The van der Waals surface area contributed by atoms with Gasteiger partial charge in [0.2, 0.25) is 0 Å². The summed E-state index contributed by atoms with van der Waals surface area (Å²) in [5.41, 5.74) is 0.796. The summed E-state index contributed by atoms with van der Waals surface area (Å²) in [5, 5.41) is 13.6. The average Bonchev–Trinajstić information content (AvgIpc) is 2.50. The van der Waals surface area contributed by atoms with Crippen LogP contribution in [0.2, 0.25) is 0 Å². The van der Waals surface area contributed by atoms with Gasteiger partial charge in [0.15, 0.2) is 0 Å². The molecule has 0 atom stereocenters. The van der Waals surface area contributed by atoms with Crippen LogP contribution in [0.15, 0.2) is 48.5 Å². The van der Waals surface area contributed by atoms with Crippen molar-refractivity contribution < 1.29 is 14.0 Å². The van der Waals surface area contributed by atoms with E-state index in [0.717, 1.165) is 0 Å². The van der Waals surface area contributed by atoms with E-state index in [4.69, 9.17) is 5.26 Å². The number of nitriles is 1. The van der Waals surface area contributed by atoms with Gasteiger partial charge in [-0.15, -0.1) is 0 Å². The molecule has 104 valence electrons. The van der Waals surface area contributed by atoms with Gasteiger partial charge in [0.25, 0.3) is 0 Å². The van der Waals surface area contributed by atoms with E-state index in [0.29, 0.717) is 5.69 Å². The van der Waals surface area contributed by atoms with E-state index < -0.39 is 17.6 Å². The molecule has 5 nitrogen and oxygen atoms in total. The van der Waals surface area contributed by atoms with Gasteiger partial charge in [-0.2, -0.15) is 5.26 Å². The minimum atomic E-state index is -0.915. The molecule has 2 aromatic carbocycles. The first kappa shape index (κ1) is 14.2. The Morgan fingerprint density at radius 3 is 2.24 bits per heavy atom. The predicted molar refractivity (Wildman–Crippen MR) is 74.8 cm³/mol. The van der Waals surface area contributed by atoms with Crippen molar-refractivity contribution in [1.82, 2.24) is 0 Å². The Bertz CT molecular complexity index is 720. The number of hydrogen-bond acceptors (Lipinski definition) is 3. The molecule has 0 aliphatic heterocycles. The van der Waals surface area contributed by atoms with Crippen LogP contribution in [0.3, 0.4) is 0 Å². The second-order valence-electron chi connectivity index (χ2n) is 4.07. The molecule has 0 heterocycles. The monoisotopic (exact) mass is 283 g/mol. The summed E-state index contributed by atoms with van der Waals surface area (Å²) in [4.78, 5) is 23.4. The number of nitrogens with zero attached hydrogens (tertiary/aromatic N) is 1. The van der Waals surface area contributed by atoms with Gasteiger partial charge >= 0.3 is 11.8 Å². The number of amides is 2. The fourth-order valence-corrected chi connectivity index (χ4v) is 1.59. The van der Waals surface area contributed by atoms with Crippen LogP contribution >= 0.6 is 0 Å². The molecule has 0 bridgehead atoms. The summed E-state index contributed by atoms with van der Waals surface area (Å²) >= 11 is 0. The van der Waals surface area contributed by atoms with E-state index in [1.807, 2.05) is 6.07 Å². The van der Waals surface area contributed by atoms with Gasteiger partial charge in [-0.1, -0.05) is 12.1 Å². The summed E-state index contributed by atoms with van der Waals surface area (Å²) in [7, 11) is 0. The fourth-order valence-electron chi connectivity index (χ4n) is 1.59. The molecule has 0 saturated heterocycles. The number of nitrogens with one attached hydrogen (secondary N) is 2. The largest absolute Gasteiger partial charge is 0.318 e. The van der Waals surface area contributed by atoms with E-state index in [1.54, 1.807) is 12.1 Å². The molecule has 2 amide bonds. The lowest BCUT2D eigenvalue weighted by Gasteiger charge is -2.07. The number of carbonyl (C=O) groups excluding carboxylic acids is 2. The van der Waals surface area contributed by atoms with Crippen LogP contribution in [-0.4, -0.2) is 11.8 Å². The van der Waals surface area contributed by atoms with E-state index >= 15 is 0 Å². The third kappa shape index (κ3) is 3.64. The van der Waals surface area contributed by atoms with Crippen LogP contribution in [0.1, 0.15) is 5.56 Å². The van der Waals surface area contributed by atoms with Gasteiger partial charge < -0.3 is 10.6 Å². The maximum Gasteiger partial charge on any atom is 0.314 e. The first-order chi connectivity index (χ1) is 10.1. The van der Waals surface area contributed by atoms with Crippen LogP contribution in [0.25, 0.3) is 0 Å². The summed E-state index contributed by atoms with van der Waals surface area (Å²) in [6, 6.07) is 13.2. The number of carbonyl (C=O) groups is 2. The van der Waals surface area contributed by atoms with E-state index in [1.165, 1.54) is 36.4 Å². The zero-order valence-electron chi connectivity index (χ0n) is 10.8. The molecule has 0 aromatic heterocycles. The van der Waals surface area contributed by atoms with Crippen LogP contribution < -0.4 is 10.6 Å². The molecule has 2 aromatic rings. The van der Waals surface area contributed by atoms with Crippen molar-refractivity contribution in [2.45, 2.75) is 0 Å². The van der Waals surface area contributed by atoms with Crippen molar-refractivity contribution in [3.63, 3.8) is 0 Å². The normalized spacial score (nSPS) is 9.52. The lowest BCUT2D eigenvalue weighted by atomic mass is 10.2. The minimum Gasteiger partial charge on any atom is -0.318 e. The highest BCUT2D eigenvalue weighted by Gasteiger charge is 2.15. The van der Waals surface area contributed by atoms with Crippen LogP contribution in [-0.2, 0) is 9.59 Å². The standard InChI is InChI=1S/C15H10FN3O2/c16-11-5-7-12(8-6-11)18-14(20)15(21)19-13-4-2-1-3-10(13)9-17/h1-8H,(H,18,20)(H,19,21). The van der Waals surface area contributed by atoms with Crippen molar-refractivity contribution in [3.8, 4) is 6.07 Å². The molecule has 0 radical (unpaired) electrons. The molecule has 0 fully saturated rings. The van der Waals surface area contributed by atoms with Crippen LogP contribution in [0, 0.1) is 17.1 Å². The van der Waals surface area contributed by atoms with Crippen molar-refractivity contribution in [2.75, 3.05) is 10.6 Å². The Morgan fingerprint density at radius 1 is 0.952 bits per heavy atom. The highest BCUT2D eigenvalue weighted by atomic mass is 19.1. The van der Waals surface area contributed by atoms with E-state index in [2.05, 4.69) is 10.6 Å². The molecule has 21 heavy (non-hydrogen) atoms. The third-order valence-corrected chi connectivity index (χ3v) is 2.60. The number of rotatable bonds is 2. The van der Waals surface area contributed by atoms with Gasteiger partial charge in [0.1, 0.15) is 11.9 Å². The summed E-state index contributed by atoms with van der Waals surface area (Å²) in [6.45, 7) is 0. The number of benzene rings is 2. The summed E-state index contributed by atoms with van der Waals surface area (Å²) in [6.07, 6.45) is 0. The number of hydrogen-bond donors (Lipinski definition) is 2. The van der Waals surface area contributed by atoms with E-state index in [9.17, 15) is 14.0 Å². The molecular formula is C15H10FN3O2. The number of halogens is 1. The maximum atomic E-state index is 12.7. The Kier molecular flexibility index (Phi) is 4.26.